The van der Waals surface area contributed by atoms with Crippen molar-refractivity contribution in [2.24, 2.45) is 4.99 Å². The minimum Gasteiger partial charge on any atom is -0.497 e. The Morgan fingerprint density at radius 3 is 2.53 bits per heavy atom. The maximum absolute atomic E-state index is 12.4. The number of nitrogens with zero attached hydrogens (tertiary/aromatic N) is 1. The fraction of sp³-hybridized carbons (Fsp3) is 0.250. The summed E-state index contributed by atoms with van der Waals surface area (Å²) in [6, 6.07) is 9.93. The summed E-state index contributed by atoms with van der Waals surface area (Å²) in [6.45, 7) is 0.933. The van der Waals surface area contributed by atoms with Gasteiger partial charge < -0.3 is 14.2 Å². The van der Waals surface area contributed by atoms with Crippen molar-refractivity contribution in [2.75, 3.05) is 20.8 Å². The number of ketones is 1. The second kappa shape index (κ2) is 8.54. The summed E-state index contributed by atoms with van der Waals surface area (Å²) in [5.74, 6) is -0.371. The van der Waals surface area contributed by atoms with Crippen molar-refractivity contribution in [3.8, 4) is 11.5 Å². The number of amidine groups is 1. The van der Waals surface area contributed by atoms with Crippen LogP contribution in [0.2, 0.25) is 0 Å². The molecule has 2 aromatic rings. The molecule has 158 valence electrons. The third kappa shape index (κ3) is 4.28. The van der Waals surface area contributed by atoms with E-state index in [9.17, 15) is 18.0 Å². The number of methoxy groups -OCH3 is 2. The third-order valence-corrected chi connectivity index (χ3v) is 5.78. The molecule has 0 radical (unpaired) electrons. The molecule has 0 fully saturated rings. The van der Waals surface area contributed by atoms with Crippen LogP contribution in [0.3, 0.4) is 0 Å². The molecule has 0 saturated carbocycles. The van der Waals surface area contributed by atoms with Gasteiger partial charge in [0.05, 0.1) is 24.7 Å². The molecule has 0 saturated heterocycles. The standard InChI is InChI=1S/C20H20N2O7S/c1-12(21-19-15-6-4-5-7-18(15)30(25,26)22-19)20(24)29-11-16(23)14-9-8-13(27-2)10-17(14)28-3/h4-10,12H,11H2,1-3H3,(H,21,22)/t12-/m0/s1. The first-order valence-electron chi connectivity index (χ1n) is 8.88. The summed E-state index contributed by atoms with van der Waals surface area (Å²) in [7, 11) is -0.810. The fourth-order valence-corrected chi connectivity index (χ4v) is 4.08. The minimum absolute atomic E-state index is 0.0539. The van der Waals surface area contributed by atoms with Gasteiger partial charge in [0.15, 0.2) is 6.61 Å². The molecular formula is C20H20N2O7S. The van der Waals surface area contributed by atoms with E-state index in [2.05, 4.69) is 9.71 Å². The second-order valence-electron chi connectivity index (χ2n) is 6.35. The first-order chi connectivity index (χ1) is 14.3. The number of benzene rings is 2. The van der Waals surface area contributed by atoms with Crippen LogP contribution in [0.1, 0.15) is 22.8 Å². The number of carbonyl (C=O) groups is 2. The highest BCUT2D eigenvalue weighted by Gasteiger charge is 2.31. The maximum atomic E-state index is 12.4. The van der Waals surface area contributed by atoms with Crippen LogP contribution in [0.4, 0.5) is 0 Å². The zero-order valence-corrected chi connectivity index (χ0v) is 17.4. The van der Waals surface area contributed by atoms with E-state index in [1.807, 2.05) is 0 Å². The molecule has 0 bridgehead atoms. The van der Waals surface area contributed by atoms with E-state index in [4.69, 9.17) is 14.2 Å². The van der Waals surface area contributed by atoms with Crippen molar-refractivity contribution in [1.82, 2.24) is 4.72 Å². The van der Waals surface area contributed by atoms with Gasteiger partial charge in [0.1, 0.15) is 23.4 Å². The highest BCUT2D eigenvalue weighted by Crippen LogP contribution is 2.25. The van der Waals surface area contributed by atoms with Crippen LogP contribution in [-0.4, -0.2) is 52.9 Å². The largest absolute Gasteiger partial charge is 0.497 e. The van der Waals surface area contributed by atoms with Crippen LogP contribution in [0.15, 0.2) is 52.4 Å². The topological polar surface area (TPSA) is 120 Å². The van der Waals surface area contributed by atoms with Crippen LogP contribution in [0, 0.1) is 0 Å². The number of Topliss-reactive ketones (excluding diaryl/α,β-unsaturated/α-hetero) is 1. The third-order valence-electron chi connectivity index (χ3n) is 4.38. The van der Waals surface area contributed by atoms with Gasteiger partial charge in [-0.05, 0) is 31.2 Å². The van der Waals surface area contributed by atoms with Gasteiger partial charge in [0.2, 0.25) is 5.78 Å². The van der Waals surface area contributed by atoms with Gasteiger partial charge in [-0.25, -0.2) is 13.2 Å². The molecule has 9 nitrogen and oxygen atoms in total. The van der Waals surface area contributed by atoms with E-state index in [0.717, 1.165) is 0 Å². The molecule has 0 spiro atoms. The predicted molar refractivity (Wildman–Crippen MR) is 108 cm³/mol. The molecule has 3 rings (SSSR count). The highest BCUT2D eigenvalue weighted by molar-refractivity contribution is 7.90. The average molecular weight is 432 g/mol. The van der Waals surface area contributed by atoms with Crippen LogP contribution < -0.4 is 14.2 Å². The lowest BCUT2D eigenvalue weighted by Gasteiger charge is -2.11. The number of fused-ring (bicyclic) bond motifs is 1. The number of esters is 1. The Labute approximate surface area is 173 Å². The number of hydrogen-bond donors (Lipinski definition) is 1. The summed E-state index contributed by atoms with van der Waals surface area (Å²) in [4.78, 5) is 28.9. The Kier molecular flexibility index (Phi) is 6.06. The summed E-state index contributed by atoms with van der Waals surface area (Å²) in [6.07, 6.45) is 0. The maximum Gasteiger partial charge on any atom is 0.331 e. The second-order valence-corrected chi connectivity index (χ2v) is 8.00. The van der Waals surface area contributed by atoms with Gasteiger partial charge in [0, 0.05) is 11.6 Å². The van der Waals surface area contributed by atoms with Crippen LogP contribution >= 0.6 is 0 Å². The van der Waals surface area contributed by atoms with Crippen LogP contribution in [0.25, 0.3) is 0 Å². The van der Waals surface area contributed by atoms with Gasteiger partial charge in [-0.2, -0.15) is 0 Å². The highest BCUT2D eigenvalue weighted by atomic mass is 32.2. The lowest BCUT2D eigenvalue weighted by Crippen LogP contribution is -2.27. The van der Waals surface area contributed by atoms with Gasteiger partial charge in [-0.1, -0.05) is 12.1 Å². The number of aliphatic imine (C=N–C) groups is 1. The normalized spacial score (nSPS) is 16.3. The Morgan fingerprint density at radius 2 is 1.83 bits per heavy atom. The number of rotatable bonds is 7. The lowest BCUT2D eigenvalue weighted by molar-refractivity contribution is -0.143. The predicted octanol–water partition coefficient (Wildman–Crippen LogP) is 1.56. The molecule has 30 heavy (non-hydrogen) atoms. The minimum atomic E-state index is -3.71. The quantitative estimate of drug-likeness (QED) is 0.521. The van der Waals surface area contributed by atoms with E-state index in [1.165, 1.54) is 33.3 Å². The lowest BCUT2D eigenvalue weighted by atomic mass is 10.1. The van der Waals surface area contributed by atoms with Crippen molar-refractivity contribution >= 4 is 27.6 Å². The van der Waals surface area contributed by atoms with E-state index < -0.39 is 34.4 Å². The van der Waals surface area contributed by atoms with Crippen molar-refractivity contribution in [1.29, 1.82) is 0 Å². The van der Waals surface area contributed by atoms with Crippen molar-refractivity contribution in [3.63, 3.8) is 0 Å². The molecule has 1 N–H and O–H groups in total. The first-order valence-corrected chi connectivity index (χ1v) is 10.4. The van der Waals surface area contributed by atoms with E-state index >= 15 is 0 Å². The smallest absolute Gasteiger partial charge is 0.331 e. The number of hydrogen-bond acceptors (Lipinski definition) is 8. The first kappa shape index (κ1) is 21.3. The van der Waals surface area contributed by atoms with Crippen molar-refractivity contribution in [3.05, 3.63) is 53.6 Å². The molecular weight excluding hydrogens is 412 g/mol. The molecule has 1 atom stereocenters. The number of ether oxygens (including phenoxy) is 3. The number of carbonyl (C=O) groups excluding carboxylic acids is 2. The Morgan fingerprint density at radius 1 is 1.10 bits per heavy atom. The number of nitrogens with one attached hydrogen (secondary N) is 1. The van der Waals surface area contributed by atoms with E-state index in [-0.39, 0.29) is 16.3 Å². The van der Waals surface area contributed by atoms with Crippen molar-refractivity contribution < 1.29 is 32.2 Å². The van der Waals surface area contributed by atoms with Gasteiger partial charge >= 0.3 is 5.97 Å². The Balaban J connectivity index is 1.69. The molecule has 2 aromatic carbocycles. The molecule has 0 amide bonds. The Hall–Kier alpha value is -3.40. The molecule has 1 aliphatic heterocycles. The molecule has 0 aliphatic carbocycles. The van der Waals surface area contributed by atoms with E-state index in [1.54, 1.807) is 30.3 Å². The molecule has 1 heterocycles. The summed E-state index contributed by atoms with van der Waals surface area (Å²) >= 11 is 0. The average Bonchev–Trinajstić information content (AvgIpc) is 3.01. The Bertz CT molecular complexity index is 1130. The fourth-order valence-electron chi connectivity index (χ4n) is 2.84. The van der Waals surface area contributed by atoms with Gasteiger partial charge in [0.25, 0.3) is 10.0 Å². The zero-order valence-electron chi connectivity index (χ0n) is 16.5. The van der Waals surface area contributed by atoms with E-state index in [0.29, 0.717) is 17.1 Å². The van der Waals surface area contributed by atoms with Crippen LogP contribution in [0.5, 0.6) is 11.5 Å². The molecule has 10 heteroatoms. The molecule has 1 aliphatic rings. The van der Waals surface area contributed by atoms with Crippen molar-refractivity contribution in [2.45, 2.75) is 17.9 Å². The summed E-state index contributed by atoms with van der Waals surface area (Å²) < 4.78 is 41.9. The molecule has 0 aromatic heterocycles. The monoisotopic (exact) mass is 432 g/mol. The molecule has 0 unspecified atom stereocenters. The zero-order chi connectivity index (χ0) is 21.9. The van der Waals surface area contributed by atoms with Gasteiger partial charge in [-0.15, -0.1) is 0 Å². The summed E-state index contributed by atoms with van der Waals surface area (Å²) in [5.41, 5.74) is 0.610. The summed E-state index contributed by atoms with van der Waals surface area (Å²) in [5, 5.41) is 0. The SMILES string of the molecule is COc1ccc(C(=O)COC(=O)[C@H](C)N=C2NS(=O)(=O)c3ccccc32)c(OC)c1. The van der Waals surface area contributed by atoms with Gasteiger partial charge in [-0.3, -0.25) is 14.5 Å². The number of sulfonamides is 1. The van der Waals surface area contributed by atoms with Crippen LogP contribution in [-0.2, 0) is 19.6 Å².